The first-order valence-electron chi connectivity index (χ1n) is 7.07. The van der Waals surface area contributed by atoms with Crippen molar-refractivity contribution in [2.45, 2.75) is 6.92 Å². The Bertz CT molecular complexity index is 1030. The molecule has 3 aromatic heterocycles. The molecule has 1 N–H and O–H groups in total. The number of halogens is 1. The average Bonchev–Trinajstić information content (AvgIpc) is 3.24. The third-order valence-electron chi connectivity index (χ3n) is 3.52. The minimum atomic E-state index is -0.213. The molecule has 0 saturated heterocycles. The maximum atomic E-state index is 12.6. The Balaban J connectivity index is 1.59. The first-order valence-corrected chi connectivity index (χ1v) is 9.20. The van der Waals surface area contributed by atoms with E-state index in [4.69, 9.17) is 11.6 Å². The average molecular weight is 375 g/mol. The van der Waals surface area contributed by atoms with Gasteiger partial charge in [-0.2, -0.15) is 0 Å². The summed E-state index contributed by atoms with van der Waals surface area (Å²) in [6, 6.07) is 7.44. The van der Waals surface area contributed by atoms with E-state index in [-0.39, 0.29) is 5.91 Å². The van der Waals surface area contributed by atoms with Crippen molar-refractivity contribution in [1.82, 2.24) is 14.4 Å². The topological polar surface area (TPSA) is 59.3 Å². The van der Waals surface area contributed by atoms with Crippen LogP contribution >= 0.6 is 34.3 Å². The van der Waals surface area contributed by atoms with E-state index in [1.54, 1.807) is 4.40 Å². The largest absolute Gasteiger partial charge is 0.296 e. The fourth-order valence-corrected chi connectivity index (χ4v) is 4.01. The molecule has 5 nitrogen and oxygen atoms in total. The van der Waals surface area contributed by atoms with Crippen molar-refractivity contribution >= 4 is 50.3 Å². The highest BCUT2D eigenvalue weighted by Gasteiger charge is 2.18. The van der Waals surface area contributed by atoms with Crippen LogP contribution < -0.4 is 5.32 Å². The molecular formula is C16H11ClN4OS2. The van der Waals surface area contributed by atoms with Crippen molar-refractivity contribution in [2.75, 3.05) is 5.32 Å². The second-order valence-corrected chi connectivity index (χ2v) is 7.27. The number of hydrogen-bond donors (Lipinski definition) is 1. The van der Waals surface area contributed by atoms with Gasteiger partial charge in [0.15, 0.2) is 10.1 Å². The van der Waals surface area contributed by atoms with Crippen LogP contribution in [0.25, 0.3) is 16.2 Å². The Morgan fingerprint density at radius 3 is 2.79 bits per heavy atom. The fourth-order valence-electron chi connectivity index (χ4n) is 2.41. The van der Waals surface area contributed by atoms with Crippen LogP contribution in [0, 0.1) is 6.92 Å². The van der Waals surface area contributed by atoms with Gasteiger partial charge in [-0.15, -0.1) is 22.7 Å². The summed E-state index contributed by atoms with van der Waals surface area (Å²) < 4.78 is 1.79. The van der Waals surface area contributed by atoms with E-state index in [1.807, 2.05) is 48.1 Å². The van der Waals surface area contributed by atoms with Crippen LogP contribution in [0.15, 0.2) is 41.2 Å². The number of nitrogens with one attached hydrogen (secondary N) is 1. The smallest absolute Gasteiger partial charge is 0.276 e. The van der Waals surface area contributed by atoms with Crippen LogP contribution in [0.3, 0.4) is 0 Å². The summed E-state index contributed by atoms with van der Waals surface area (Å²) in [5.74, 6) is -0.213. The monoisotopic (exact) mass is 374 g/mol. The number of rotatable bonds is 3. The zero-order chi connectivity index (χ0) is 16.7. The molecule has 0 bridgehead atoms. The van der Waals surface area contributed by atoms with E-state index < -0.39 is 0 Å². The van der Waals surface area contributed by atoms with E-state index in [1.165, 1.54) is 22.7 Å². The molecule has 0 aliphatic carbocycles. The Labute approximate surface area is 150 Å². The Hall–Kier alpha value is -2.22. The van der Waals surface area contributed by atoms with Gasteiger partial charge >= 0.3 is 0 Å². The molecule has 24 heavy (non-hydrogen) atoms. The lowest BCUT2D eigenvalue weighted by atomic mass is 10.2. The number of carbonyl (C=O) groups is 1. The number of nitrogens with zero attached hydrogens (tertiary/aromatic N) is 3. The van der Waals surface area contributed by atoms with Crippen molar-refractivity contribution in [1.29, 1.82) is 0 Å². The summed E-state index contributed by atoms with van der Waals surface area (Å²) in [6.07, 6.45) is 1.84. The van der Waals surface area contributed by atoms with E-state index >= 15 is 0 Å². The molecule has 0 spiro atoms. The van der Waals surface area contributed by atoms with Gasteiger partial charge in [-0.25, -0.2) is 9.97 Å². The highest BCUT2D eigenvalue weighted by molar-refractivity contribution is 7.15. The number of hydrogen-bond acceptors (Lipinski definition) is 5. The van der Waals surface area contributed by atoms with Crippen LogP contribution in [-0.2, 0) is 0 Å². The maximum absolute atomic E-state index is 12.6. The molecule has 0 aliphatic heterocycles. The second-order valence-electron chi connectivity index (χ2n) is 5.10. The standard InChI is InChI=1S/C16H11ClN4OS2/c1-9-13(21-6-7-23-16(21)18-9)14(22)20-15-19-12(8-24-15)10-2-4-11(17)5-3-10/h2-8H,1H3,(H,19,20,22). The normalized spacial score (nSPS) is 11.1. The first-order chi connectivity index (χ1) is 11.6. The highest BCUT2D eigenvalue weighted by atomic mass is 35.5. The Morgan fingerprint density at radius 2 is 2.00 bits per heavy atom. The van der Waals surface area contributed by atoms with Gasteiger partial charge in [0.05, 0.1) is 11.4 Å². The molecule has 0 fully saturated rings. The first kappa shape index (κ1) is 15.3. The molecule has 0 saturated carbocycles. The van der Waals surface area contributed by atoms with Gasteiger partial charge in [0.2, 0.25) is 0 Å². The molecule has 0 atom stereocenters. The van der Waals surface area contributed by atoms with Gasteiger partial charge in [0.25, 0.3) is 5.91 Å². The minimum absolute atomic E-state index is 0.213. The SMILES string of the molecule is Cc1nc2sccn2c1C(=O)Nc1nc(-c2ccc(Cl)cc2)cs1. The number of amides is 1. The zero-order valence-corrected chi connectivity index (χ0v) is 14.9. The molecule has 120 valence electrons. The van der Waals surface area contributed by atoms with E-state index in [0.717, 1.165) is 16.2 Å². The lowest BCUT2D eigenvalue weighted by Crippen LogP contribution is -2.15. The minimum Gasteiger partial charge on any atom is -0.296 e. The third kappa shape index (κ3) is 2.71. The molecule has 0 aliphatic rings. The van der Waals surface area contributed by atoms with E-state index in [9.17, 15) is 4.79 Å². The number of aryl methyl sites for hydroxylation is 1. The molecular weight excluding hydrogens is 364 g/mol. The number of carbonyl (C=O) groups excluding carboxylic acids is 1. The molecule has 4 rings (SSSR count). The molecule has 1 amide bonds. The molecule has 1 aromatic carbocycles. The highest BCUT2D eigenvalue weighted by Crippen LogP contribution is 2.26. The number of fused-ring (bicyclic) bond motifs is 1. The summed E-state index contributed by atoms with van der Waals surface area (Å²) in [7, 11) is 0. The summed E-state index contributed by atoms with van der Waals surface area (Å²) >= 11 is 8.78. The molecule has 3 heterocycles. The molecule has 8 heteroatoms. The van der Waals surface area contributed by atoms with Gasteiger partial charge in [-0.05, 0) is 19.1 Å². The van der Waals surface area contributed by atoms with Crippen LogP contribution in [0.5, 0.6) is 0 Å². The van der Waals surface area contributed by atoms with E-state index in [2.05, 4.69) is 15.3 Å². The number of benzene rings is 1. The number of thiazole rings is 2. The van der Waals surface area contributed by atoms with Crippen molar-refractivity contribution in [3.8, 4) is 11.3 Å². The summed E-state index contributed by atoms with van der Waals surface area (Å²) in [6.45, 7) is 1.83. The molecule has 0 radical (unpaired) electrons. The van der Waals surface area contributed by atoms with Crippen molar-refractivity contribution in [3.05, 3.63) is 57.6 Å². The fraction of sp³-hybridized carbons (Fsp3) is 0.0625. The summed E-state index contributed by atoms with van der Waals surface area (Å²) in [5, 5.41) is 7.89. The van der Waals surface area contributed by atoms with Crippen LogP contribution in [0.4, 0.5) is 5.13 Å². The Kier molecular flexibility index (Phi) is 3.84. The number of aromatic nitrogens is 3. The third-order valence-corrected chi connectivity index (χ3v) is 5.28. The quantitative estimate of drug-likeness (QED) is 0.563. The summed E-state index contributed by atoms with van der Waals surface area (Å²) in [5.41, 5.74) is 3.00. The van der Waals surface area contributed by atoms with Crippen molar-refractivity contribution in [3.63, 3.8) is 0 Å². The summed E-state index contributed by atoms with van der Waals surface area (Å²) in [4.78, 5) is 22.2. The van der Waals surface area contributed by atoms with Crippen molar-refractivity contribution in [2.24, 2.45) is 0 Å². The van der Waals surface area contributed by atoms with Gasteiger partial charge in [-0.3, -0.25) is 14.5 Å². The van der Waals surface area contributed by atoms with Gasteiger partial charge in [0.1, 0.15) is 5.69 Å². The number of anilines is 1. The van der Waals surface area contributed by atoms with Crippen molar-refractivity contribution < 1.29 is 4.79 Å². The lowest BCUT2D eigenvalue weighted by molar-refractivity contribution is 0.102. The number of imidazole rings is 1. The van der Waals surface area contributed by atoms with E-state index in [0.29, 0.717) is 21.5 Å². The maximum Gasteiger partial charge on any atom is 0.276 e. The van der Waals surface area contributed by atoms with Crippen LogP contribution in [0.1, 0.15) is 16.2 Å². The van der Waals surface area contributed by atoms with Gasteiger partial charge < -0.3 is 0 Å². The predicted octanol–water partition coefficient (Wildman–Crippen LogP) is 4.73. The second kappa shape index (κ2) is 6.01. The van der Waals surface area contributed by atoms with Crippen LogP contribution in [0.2, 0.25) is 5.02 Å². The Morgan fingerprint density at radius 1 is 1.21 bits per heavy atom. The van der Waals surface area contributed by atoms with Gasteiger partial charge in [-0.1, -0.05) is 23.7 Å². The van der Waals surface area contributed by atoms with Gasteiger partial charge in [0, 0.05) is 27.5 Å². The van der Waals surface area contributed by atoms with Crippen LogP contribution in [-0.4, -0.2) is 20.3 Å². The lowest BCUT2D eigenvalue weighted by Gasteiger charge is -2.01. The zero-order valence-electron chi connectivity index (χ0n) is 12.5. The molecule has 0 unspecified atom stereocenters. The predicted molar refractivity (Wildman–Crippen MR) is 98.3 cm³/mol. The molecule has 4 aromatic rings.